The molecule has 122 valence electrons. The summed E-state index contributed by atoms with van der Waals surface area (Å²) in [6.45, 7) is 2.84. The molecular formula is C15H18N4O3S. The number of nitrogens with zero attached hydrogens (tertiary/aromatic N) is 3. The number of hydrogen-bond donors (Lipinski definition) is 1. The fourth-order valence-corrected chi connectivity index (χ4v) is 3.75. The Hall–Kier alpha value is -2.19. The van der Waals surface area contributed by atoms with Crippen LogP contribution in [0.4, 0.5) is 5.69 Å². The maximum absolute atomic E-state index is 12.4. The number of hydrogen-bond acceptors (Lipinski definition) is 4. The molecule has 2 heterocycles. The molecule has 0 saturated carbocycles. The first-order valence-corrected chi connectivity index (χ1v) is 8.84. The SMILES string of the molecule is CC(=O)N1CCc2cc(S(=O)(=O)NCCn3cccn3)ccc21. The molecule has 23 heavy (non-hydrogen) atoms. The van der Waals surface area contributed by atoms with Crippen molar-refractivity contribution >= 4 is 21.6 Å². The lowest BCUT2D eigenvalue weighted by atomic mass is 10.2. The number of nitrogens with one attached hydrogen (secondary N) is 1. The van der Waals surface area contributed by atoms with Gasteiger partial charge in [0, 0.05) is 38.1 Å². The molecule has 7 nitrogen and oxygen atoms in total. The maximum atomic E-state index is 12.4. The fourth-order valence-electron chi connectivity index (χ4n) is 2.68. The molecule has 1 aromatic carbocycles. The Morgan fingerprint density at radius 1 is 1.39 bits per heavy atom. The van der Waals surface area contributed by atoms with Crippen molar-refractivity contribution in [3.05, 3.63) is 42.2 Å². The van der Waals surface area contributed by atoms with Crippen LogP contribution in [-0.4, -0.2) is 37.2 Å². The zero-order valence-electron chi connectivity index (χ0n) is 12.8. The van der Waals surface area contributed by atoms with E-state index in [9.17, 15) is 13.2 Å². The molecule has 1 aliphatic heterocycles. The summed E-state index contributed by atoms with van der Waals surface area (Å²) in [5, 5.41) is 4.03. The largest absolute Gasteiger partial charge is 0.312 e. The number of aromatic nitrogens is 2. The number of rotatable bonds is 5. The molecule has 0 bridgehead atoms. The van der Waals surface area contributed by atoms with Gasteiger partial charge in [-0.3, -0.25) is 9.48 Å². The first-order chi connectivity index (χ1) is 11.0. The Kier molecular flexibility index (Phi) is 4.18. The van der Waals surface area contributed by atoms with E-state index in [0.717, 1.165) is 11.3 Å². The van der Waals surface area contributed by atoms with Gasteiger partial charge in [-0.25, -0.2) is 13.1 Å². The second-order valence-electron chi connectivity index (χ2n) is 5.38. The summed E-state index contributed by atoms with van der Waals surface area (Å²) in [4.78, 5) is 13.4. The predicted molar refractivity (Wildman–Crippen MR) is 85.6 cm³/mol. The number of carbonyl (C=O) groups excluding carboxylic acids is 1. The zero-order chi connectivity index (χ0) is 16.4. The summed E-state index contributed by atoms with van der Waals surface area (Å²) in [5.74, 6) is -0.0308. The monoisotopic (exact) mass is 334 g/mol. The molecule has 1 N–H and O–H groups in total. The van der Waals surface area contributed by atoms with Crippen molar-refractivity contribution in [1.29, 1.82) is 0 Å². The van der Waals surface area contributed by atoms with Crippen LogP contribution in [0.15, 0.2) is 41.6 Å². The van der Waals surface area contributed by atoms with Crippen molar-refractivity contribution in [2.24, 2.45) is 0 Å². The van der Waals surface area contributed by atoms with E-state index >= 15 is 0 Å². The highest BCUT2D eigenvalue weighted by atomic mass is 32.2. The molecule has 0 atom stereocenters. The molecule has 0 saturated heterocycles. The molecule has 2 aromatic rings. The zero-order valence-corrected chi connectivity index (χ0v) is 13.6. The van der Waals surface area contributed by atoms with Crippen LogP contribution in [0, 0.1) is 0 Å². The van der Waals surface area contributed by atoms with E-state index in [1.807, 2.05) is 0 Å². The van der Waals surface area contributed by atoms with Crippen molar-refractivity contribution in [3.63, 3.8) is 0 Å². The van der Waals surface area contributed by atoms with Crippen LogP contribution in [0.25, 0.3) is 0 Å². The first kappa shape index (κ1) is 15.7. The minimum absolute atomic E-state index is 0.0308. The number of amides is 1. The minimum Gasteiger partial charge on any atom is -0.312 e. The van der Waals surface area contributed by atoms with Gasteiger partial charge in [0.15, 0.2) is 0 Å². The van der Waals surface area contributed by atoms with Crippen LogP contribution in [0.1, 0.15) is 12.5 Å². The third-order valence-corrected chi connectivity index (χ3v) is 5.29. The maximum Gasteiger partial charge on any atom is 0.240 e. The molecule has 0 aliphatic carbocycles. The fraction of sp³-hybridized carbons (Fsp3) is 0.333. The van der Waals surface area contributed by atoms with Gasteiger partial charge in [-0.1, -0.05) is 0 Å². The number of carbonyl (C=O) groups is 1. The van der Waals surface area contributed by atoms with E-state index in [1.54, 1.807) is 40.2 Å². The number of fused-ring (bicyclic) bond motifs is 1. The predicted octanol–water partition coefficient (Wildman–Crippen LogP) is 0.771. The Morgan fingerprint density at radius 2 is 2.22 bits per heavy atom. The van der Waals surface area contributed by atoms with Gasteiger partial charge in [0.2, 0.25) is 15.9 Å². The third kappa shape index (κ3) is 3.27. The van der Waals surface area contributed by atoms with Crippen molar-refractivity contribution in [2.45, 2.75) is 24.8 Å². The Bertz CT molecular complexity index is 815. The van der Waals surface area contributed by atoms with E-state index < -0.39 is 10.0 Å². The molecule has 0 spiro atoms. The summed E-state index contributed by atoms with van der Waals surface area (Å²) in [5.41, 5.74) is 1.68. The molecule has 0 radical (unpaired) electrons. The van der Waals surface area contributed by atoms with Gasteiger partial charge < -0.3 is 4.90 Å². The second-order valence-corrected chi connectivity index (χ2v) is 7.15. The van der Waals surface area contributed by atoms with E-state index in [4.69, 9.17) is 0 Å². The number of benzene rings is 1. The minimum atomic E-state index is -3.57. The van der Waals surface area contributed by atoms with Gasteiger partial charge in [-0.05, 0) is 36.2 Å². The summed E-state index contributed by atoms with van der Waals surface area (Å²) in [6.07, 6.45) is 4.10. The van der Waals surface area contributed by atoms with E-state index in [1.165, 1.54) is 13.0 Å². The summed E-state index contributed by atoms with van der Waals surface area (Å²) in [7, 11) is -3.57. The Balaban J connectivity index is 1.72. The molecule has 0 unspecified atom stereocenters. The molecule has 8 heteroatoms. The highest BCUT2D eigenvalue weighted by Crippen LogP contribution is 2.30. The summed E-state index contributed by atoms with van der Waals surface area (Å²) in [6, 6.07) is 6.67. The van der Waals surface area contributed by atoms with Crippen LogP contribution >= 0.6 is 0 Å². The highest BCUT2D eigenvalue weighted by molar-refractivity contribution is 7.89. The van der Waals surface area contributed by atoms with Crippen LogP contribution < -0.4 is 9.62 Å². The van der Waals surface area contributed by atoms with Gasteiger partial charge in [0.1, 0.15) is 0 Å². The highest BCUT2D eigenvalue weighted by Gasteiger charge is 2.24. The van der Waals surface area contributed by atoms with Crippen molar-refractivity contribution < 1.29 is 13.2 Å². The van der Waals surface area contributed by atoms with E-state index in [0.29, 0.717) is 19.5 Å². The van der Waals surface area contributed by atoms with Crippen molar-refractivity contribution in [2.75, 3.05) is 18.0 Å². The van der Waals surface area contributed by atoms with Crippen molar-refractivity contribution in [1.82, 2.24) is 14.5 Å². The Labute approximate surface area is 135 Å². The standard InChI is InChI=1S/C15H18N4O3S/c1-12(20)19-9-5-13-11-14(3-4-15(13)19)23(21,22)17-7-10-18-8-2-6-16-18/h2-4,6,8,11,17H,5,7,9-10H2,1H3. The smallest absolute Gasteiger partial charge is 0.240 e. The summed E-state index contributed by atoms with van der Waals surface area (Å²) >= 11 is 0. The first-order valence-electron chi connectivity index (χ1n) is 7.35. The molecule has 0 fully saturated rings. The average Bonchev–Trinajstić information content (AvgIpc) is 3.15. The van der Waals surface area contributed by atoms with Crippen LogP contribution in [0.2, 0.25) is 0 Å². The quantitative estimate of drug-likeness (QED) is 0.875. The van der Waals surface area contributed by atoms with Crippen molar-refractivity contribution in [3.8, 4) is 0 Å². The van der Waals surface area contributed by atoms with Crippen LogP contribution in [0.5, 0.6) is 0 Å². The van der Waals surface area contributed by atoms with Gasteiger partial charge in [0.25, 0.3) is 0 Å². The van der Waals surface area contributed by atoms with Gasteiger partial charge >= 0.3 is 0 Å². The third-order valence-electron chi connectivity index (χ3n) is 3.83. The molecule has 1 amide bonds. The summed E-state index contributed by atoms with van der Waals surface area (Å²) < 4.78 is 28.9. The second kappa shape index (κ2) is 6.13. The molecule has 1 aromatic heterocycles. The topological polar surface area (TPSA) is 84.3 Å². The average molecular weight is 334 g/mol. The molecule has 3 rings (SSSR count). The normalized spacial score (nSPS) is 14.0. The van der Waals surface area contributed by atoms with Gasteiger partial charge in [-0.2, -0.15) is 5.10 Å². The van der Waals surface area contributed by atoms with E-state index in [-0.39, 0.29) is 17.3 Å². The van der Waals surface area contributed by atoms with Crippen LogP contribution in [0.3, 0.4) is 0 Å². The van der Waals surface area contributed by atoms with Gasteiger partial charge in [-0.15, -0.1) is 0 Å². The van der Waals surface area contributed by atoms with E-state index in [2.05, 4.69) is 9.82 Å². The lowest BCUT2D eigenvalue weighted by Crippen LogP contribution is -2.28. The molecule has 1 aliphatic rings. The lowest BCUT2D eigenvalue weighted by Gasteiger charge is -2.15. The number of sulfonamides is 1. The lowest BCUT2D eigenvalue weighted by molar-refractivity contribution is -0.116. The Morgan fingerprint density at radius 3 is 2.91 bits per heavy atom. The number of anilines is 1. The van der Waals surface area contributed by atoms with Crippen LogP contribution in [-0.2, 0) is 27.8 Å². The molecular weight excluding hydrogens is 316 g/mol. The van der Waals surface area contributed by atoms with Gasteiger partial charge in [0.05, 0.1) is 11.4 Å².